The monoisotopic (exact) mass is 392 g/mol. The van der Waals surface area contributed by atoms with Gasteiger partial charge in [0.2, 0.25) is 5.91 Å². The van der Waals surface area contributed by atoms with Crippen LogP contribution in [-0.4, -0.2) is 23.9 Å². The van der Waals surface area contributed by atoms with Crippen molar-refractivity contribution in [2.75, 3.05) is 13.1 Å². The molecule has 1 aliphatic heterocycles. The molecule has 1 amide bonds. The van der Waals surface area contributed by atoms with Crippen molar-refractivity contribution in [2.45, 2.75) is 25.9 Å². The molecule has 1 N–H and O–H groups in total. The Kier molecular flexibility index (Phi) is 5.94. The fourth-order valence-electron chi connectivity index (χ4n) is 3.96. The van der Waals surface area contributed by atoms with Crippen molar-refractivity contribution in [2.24, 2.45) is 5.92 Å². The molecule has 0 saturated carbocycles. The Labute approximate surface area is 171 Å². The number of hydrogen-bond donors (Lipinski definition) is 1. The van der Waals surface area contributed by atoms with Gasteiger partial charge in [-0.15, -0.1) is 0 Å². The molecule has 0 spiro atoms. The molecule has 0 aromatic heterocycles. The minimum atomic E-state index is 0.107. The van der Waals surface area contributed by atoms with Crippen molar-refractivity contribution >= 4 is 28.3 Å². The van der Waals surface area contributed by atoms with Crippen LogP contribution in [0.3, 0.4) is 0 Å². The Morgan fingerprint density at radius 3 is 2.46 bits per heavy atom. The zero-order chi connectivity index (χ0) is 19.3. The van der Waals surface area contributed by atoms with Crippen molar-refractivity contribution < 1.29 is 4.79 Å². The Hall–Kier alpha value is -2.36. The summed E-state index contributed by atoms with van der Waals surface area (Å²) in [5.74, 6) is 0.274. The van der Waals surface area contributed by atoms with Crippen LogP contribution in [0, 0.1) is 5.92 Å². The summed E-state index contributed by atoms with van der Waals surface area (Å²) in [6, 6.07) is 22.7. The number of hydrogen-bond acceptors (Lipinski definition) is 2. The number of nitrogens with one attached hydrogen (secondary N) is 1. The SMILES string of the molecule is O=C(NCc1ccc(Cl)cc1)C1CCN(Cc2cccc3ccccc23)CC1. The molecule has 0 radical (unpaired) electrons. The van der Waals surface area contributed by atoms with Gasteiger partial charge in [-0.3, -0.25) is 9.69 Å². The standard InChI is InChI=1S/C24H25ClN2O/c25-22-10-8-18(9-11-22)16-26-24(28)20-12-14-27(15-13-20)17-21-6-3-5-19-4-1-2-7-23(19)21/h1-11,20H,12-17H2,(H,26,28). The lowest BCUT2D eigenvalue weighted by Crippen LogP contribution is -2.40. The minimum absolute atomic E-state index is 0.107. The molecule has 4 rings (SSSR count). The van der Waals surface area contributed by atoms with Crippen LogP contribution >= 0.6 is 11.6 Å². The molecule has 3 aromatic carbocycles. The van der Waals surface area contributed by atoms with Crippen LogP contribution in [0.15, 0.2) is 66.7 Å². The number of rotatable bonds is 5. The lowest BCUT2D eigenvalue weighted by molar-refractivity contribution is -0.126. The number of amides is 1. The molecule has 0 atom stereocenters. The van der Waals surface area contributed by atoms with Crippen LogP contribution in [0.1, 0.15) is 24.0 Å². The molecule has 28 heavy (non-hydrogen) atoms. The van der Waals surface area contributed by atoms with Crippen LogP contribution in [0.4, 0.5) is 0 Å². The smallest absolute Gasteiger partial charge is 0.223 e. The van der Waals surface area contributed by atoms with Gasteiger partial charge in [0.05, 0.1) is 0 Å². The summed E-state index contributed by atoms with van der Waals surface area (Å²) in [4.78, 5) is 15.0. The van der Waals surface area contributed by atoms with E-state index in [0.717, 1.165) is 38.0 Å². The van der Waals surface area contributed by atoms with Crippen LogP contribution in [0.2, 0.25) is 5.02 Å². The Balaban J connectivity index is 1.29. The third-order valence-electron chi connectivity index (χ3n) is 5.61. The number of nitrogens with zero attached hydrogens (tertiary/aromatic N) is 1. The third kappa shape index (κ3) is 4.54. The molecule has 0 bridgehead atoms. The predicted molar refractivity (Wildman–Crippen MR) is 115 cm³/mol. The summed E-state index contributed by atoms with van der Waals surface area (Å²) < 4.78 is 0. The molecule has 1 aliphatic rings. The second-order valence-corrected chi connectivity index (χ2v) is 7.97. The van der Waals surface area contributed by atoms with Gasteiger partial charge >= 0.3 is 0 Å². The summed E-state index contributed by atoms with van der Waals surface area (Å²) in [5.41, 5.74) is 2.44. The van der Waals surface area contributed by atoms with Gasteiger partial charge in [-0.25, -0.2) is 0 Å². The predicted octanol–water partition coefficient (Wildman–Crippen LogP) is 5.02. The highest BCUT2D eigenvalue weighted by Gasteiger charge is 2.25. The van der Waals surface area contributed by atoms with E-state index in [2.05, 4.69) is 52.7 Å². The highest BCUT2D eigenvalue weighted by atomic mass is 35.5. The van der Waals surface area contributed by atoms with Gasteiger partial charge in [-0.05, 0) is 60.0 Å². The van der Waals surface area contributed by atoms with Gasteiger partial charge in [0.25, 0.3) is 0 Å². The second-order valence-electron chi connectivity index (χ2n) is 7.53. The van der Waals surface area contributed by atoms with Crippen molar-refractivity contribution in [3.8, 4) is 0 Å². The quantitative estimate of drug-likeness (QED) is 0.661. The molecule has 4 heteroatoms. The highest BCUT2D eigenvalue weighted by molar-refractivity contribution is 6.30. The van der Waals surface area contributed by atoms with Crippen LogP contribution in [-0.2, 0) is 17.9 Å². The fraction of sp³-hybridized carbons (Fsp3) is 0.292. The number of likely N-dealkylation sites (tertiary alicyclic amines) is 1. The van der Waals surface area contributed by atoms with E-state index in [1.165, 1.54) is 16.3 Å². The van der Waals surface area contributed by atoms with E-state index in [-0.39, 0.29) is 11.8 Å². The number of fused-ring (bicyclic) bond motifs is 1. The van der Waals surface area contributed by atoms with Crippen LogP contribution < -0.4 is 5.32 Å². The first-order chi connectivity index (χ1) is 13.7. The number of benzene rings is 3. The Bertz CT molecular complexity index is 941. The first-order valence-electron chi connectivity index (χ1n) is 9.90. The van der Waals surface area contributed by atoms with Crippen molar-refractivity contribution in [1.82, 2.24) is 10.2 Å². The van der Waals surface area contributed by atoms with Crippen molar-refractivity contribution in [3.63, 3.8) is 0 Å². The second kappa shape index (κ2) is 8.76. The summed E-state index contributed by atoms with van der Waals surface area (Å²) in [6.45, 7) is 3.43. The Morgan fingerprint density at radius 1 is 0.964 bits per heavy atom. The summed E-state index contributed by atoms with van der Waals surface area (Å²) >= 11 is 5.91. The third-order valence-corrected chi connectivity index (χ3v) is 5.86. The van der Waals surface area contributed by atoms with E-state index in [0.29, 0.717) is 11.6 Å². The molecule has 3 aromatic rings. The lowest BCUT2D eigenvalue weighted by atomic mass is 9.95. The number of halogens is 1. The number of piperidine rings is 1. The first kappa shape index (κ1) is 19.0. The van der Waals surface area contributed by atoms with Gasteiger partial charge < -0.3 is 5.32 Å². The minimum Gasteiger partial charge on any atom is -0.352 e. The molecule has 3 nitrogen and oxygen atoms in total. The average Bonchev–Trinajstić information content (AvgIpc) is 2.74. The molecule has 0 unspecified atom stereocenters. The first-order valence-corrected chi connectivity index (χ1v) is 10.3. The molecular formula is C24H25ClN2O. The maximum Gasteiger partial charge on any atom is 0.223 e. The van der Waals surface area contributed by atoms with Gasteiger partial charge in [0.15, 0.2) is 0 Å². The summed E-state index contributed by atoms with van der Waals surface area (Å²) in [6.07, 6.45) is 1.83. The fourth-order valence-corrected chi connectivity index (χ4v) is 4.09. The molecule has 1 fully saturated rings. The molecule has 1 saturated heterocycles. The van der Waals surface area contributed by atoms with E-state index in [1.54, 1.807) is 0 Å². The largest absolute Gasteiger partial charge is 0.352 e. The lowest BCUT2D eigenvalue weighted by Gasteiger charge is -2.31. The number of carbonyl (C=O) groups is 1. The van der Waals surface area contributed by atoms with Gasteiger partial charge in [-0.1, -0.05) is 66.2 Å². The molecule has 1 heterocycles. The molecule has 144 valence electrons. The van der Waals surface area contributed by atoms with Gasteiger partial charge in [0.1, 0.15) is 0 Å². The van der Waals surface area contributed by atoms with Crippen molar-refractivity contribution in [3.05, 3.63) is 82.9 Å². The maximum atomic E-state index is 12.5. The van der Waals surface area contributed by atoms with E-state index < -0.39 is 0 Å². The Morgan fingerprint density at radius 2 is 1.68 bits per heavy atom. The maximum absolute atomic E-state index is 12.5. The molecule has 0 aliphatic carbocycles. The highest BCUT2D eigenvalue weighted by Crippen LogP contribution is 2.23. The van der Waals surface area contributed by atoms with Crippen molar-refractivity contribution in [1.29, 1.82) is 0 Å². The van der Waals surface area contributed by atoms with Gasteiger partial charge in [0, 0.05) is 24.0 Å². The normalized spacial score (nSPS) is 15.6. The van der Waals surface area contributed by atoms with Gasteiger partial charge in [-0.2, -0.15) is 0 Å². The summed E-state index contributed by atoms with van der Waals surface area (Å²) in [5, 5.41) is 6.41. The van der Waals surface area contributed by atoms with E-state index in [9.17, 15) is 4.79 Å². The zero-order valence-corrected chi connectivity index (χ0v) is 16.7. The van der Waals surface area contributed by atoms with E-state index in [4.69, 9.17) is 11.6 Å². The van der Waals surface area contributed by atoms with Crippen LogP contribution in [0.25, 0.3) is 10.8 Å². The average molecular weight is 393 g/mol. The molecular weight excluding hydrogens is 368 g/mol. The summed E-state index contributed by atoms with van der Waals surface area (Å²) in [7, 11) is 0. The zero-order valence-electron chi connectivity index (χ0n) is 15.9. The van der Waals surface area contributed by atoms with E-state index >= 15 is 0 Å². The van der Waals surface area contributed by atoms with Crippen LogP contribution in [0.5, 0.6) is 0 Å². The number of carbonyl (C=O) groups excluding carboxylic acids is 1. The van der Waals surface area contributed by atoms with E-state index in [1.807, 2.05) is 24.3 Å². The topological polar surface area (TPSA) is 32.3 Å².